The van der Waals surface area contributed by atoms with Gasteiger partial charge in [0.25, 0.3) is 5.91 Å². The topological polar surface area (TPSA) is 66.5 Å². The molecule has 2 aromatic carbocycles. The first-order chi connectivity index (χ1) is 16.0. The Bertz CT molecular complexity index is 1330. The molecular formula is C23H20ClF3N2O3S2. The van der Waals surface area contributed by atoms with Crippen LogP contribution in [0, 0.1) is 6.92 Å². The summed E-state index contributed by atoms with van der Waals surface area (Å²) in [5, 5.41) is 4.33. The number of halogens is 4. The Morgan fingerprint density at radius 1 is 1.09 bits per heavy atom. The molecule has 1 aliphatic heterocycles. The first-order valence-electron chi connectivity index (χ1n) is 10.3. The lowest BCUT2D eigenvalue weighted by Gasteiger charge is -2.23. The third-order valence-corrected chi connectivity index (χ3v) is 9.01. The first-order valence-corrected chi connectivity index (χ1v) is 13.1. The van der Waals surface area contributed by atoms with Gasteiger partial charge in [0, 0.05) is 23.5 Å². The molecule has 11 heteroatoms. The molecule has 0 aliphatic carbocycles. The van der Waals surface area contributed by atoms with E-state index in [1.165, 1.54) is 42.6 Å². The summed E-state index contributed by atoms with van der Waals surface area (Å²) in [5.41, 5.74) is -0.106. The number of anilines is 2. The molecule has 1 fully saturated rings. The number of carbonyl (C=O) groups is 1. The number of carbonyl (C=O) groups excluding carboxylic acids is 1. The van der Waals surface area contributed by atoms with E-state index in [1.807, 2.05) is 4.90 Å². The van der Waals surface area contributed by atoms with Crippen molar-refractivity contribution in [3.05, 3.63) is 68.9 Å². The maximum absolute atomic E-state index is 13.3. The average molecular weight is 529 g/mol. The summed E-state index contributed by atoms with van der Waals surface area (Å²) < 4.78 is 66.1. The number of hydrogen-bond donors (Lipinski definition) is 1. The Hall–Kier alpha value is -2.56. The van der Waals surface area contributed by atoms with Gasteiger partial charge in [-0.25, -0.2) is 8.42 Å². The number of hydrogen-bond acceptors (Lipinski definition) is 5. The minimum absolute atomic E-state index is 0.0268. The summed E-state index contributed by atoms with van der Waals surface area (Å²) in [6, 6.07) is 8.94. The second-order valence-corrected chi connectivity index (χ2v) is 11.1. The Morgan fingerprint density at radius 2 is 1.74 bits per heavy atom. The number of nitrogens with one attached hydrogen (secondary N) is 1. The molecule has 0 radical (unpaired) electrons. The van der Waals surface area contributed by atoms with Gasteiger partial charge < -0.3 is 10.2 Å². The van der Waals surface area contributed by atoms with E-state index in [1.54, 1.807) is 0 Å². The van der Waals surface area contributed by atoms with Crippen LogP contribution in [0.3, 0.4) is 0 Å². The molecule has 0 spiro atoms. The molecule has 2 heterocycles. The molecule has 1 aliphatic rings. The number of rotatable bonds is 5. The molecule has 0 bridgehead atoms. The summed E-state index contributed by atoms with van der Waals surface area (Å²) >= 11 is 6.76. The van der Waals surface area contributed by atoms with E-state index in [4.69, 9.17) is 11.6 Å². The van der Waals surface area contributed by atoms with E-state index in [9.17, 15) is 26.4 Å². The molecule has 0 unspecified atom stereocenters. The minimum Gasteiger partial charge on any atom is -0.370 e. The third-order valence-electron chi connectivity index (χ3n) is 5.63. The zero-order valence-corrected chi connectivity index (χ0v) is 20.3. The summed E-state index contributed by atoms with van der Waals surface area (Å²) in [6.45, 7) is 2.85. The van der Waals surface area contributed by atoms with Crippen LogP contribution in [0.1, 0.15) is 33.6 Å². The number of amides is 1. The van der Waals surface area contributed by atoms with E-state index < -0.39 is 27.5 Å². The van der Waals surface area contributed by atoms with Crippen LogP contribution in [0.15, 0.2) is 57.6 Å². The summed E-state index contributed by atoms with van der Waals surface area (Å²) in [4.78, 5) is 15.1. The van der Waals surface area contributed by atoms with Crippen LogP contribution in [0.4, 0.5) is 24.5 Å². The standard InChI is InChI=1S/C23H20ClF3N2O3S2/c1-14-20(34(31,32)17-7-5-16(24)6-8-17)13-33-21(14)22(30)28-18-12-15(23(25,26)27)4-9-19(18)29-10-2-3-11-29/h4-9,12-13H,2-3,10-11H2,1H3,(H,28,30). The highest BCUT2D eigenvalue weighted by Gasteiger charge is 2.32. The molecule has 1 amide bonds. The Labute approximate surface area is 204 Å². The molecule has 1 aromatic heterocycles. The van der Waals surface area contributed by atoms with Crippen molar-refractivity contribution >= 4 is 50.1 Å². The summed E-state index contributed by atoms with van der Waals surface area (Å²) in [5.74, 6) is -0.667. The van der Waals surface area contributed by atoms with Crippen LogP contribution < -0.4 is 10.2 Å². The van der Waals surface area contributed by atoms with Crippen LogP contribution in [0.5, 0.6) is 0 Å². The number of sulfone groups is 1. The maximum atomic E-state index is 13.3. The fourth-order valence-corrected chi connectivity index (χ4v) is 6.80. The van der Waals surface area contributed by atoms with E-state index in [-0.39, 0.29) is 25.9 Å². The highest BCUT2D eigenvalue weighted by Crippen LogP contribution is 2.38. The van der Waals surface area contributed by atoms with Crippen molar-refractivity contribution in [1.82, 2.24) is 0 Å². The Morgan fingerprint density at radius 3 is 2.35 bits per heavy atom. The SMILES string of the molecule is Cc1c(S(=O)(=O)c2ccc(Cl)cc2)csc1C(=O)Nc1cc(C(F)(F)F)ccc1N1CCCC1. The highest BCUT2D eigenvalue weighted by molar-refractivity contribution is 7.91. The third kappa shape index (κ3) is 4.80. The molecule has 34 heavy (non-hydrogen) atoms. The van der Waals surface area contributed by atoms with Gasteiger partial charge in [-0.1, -0.05) is 11.6 Å². The molecule has 0 saturated carbocycles. The van der Waals surface area contributed by atoms with E-state index >= 15 is 0 Å². The van der Waals surface area contributed by atoms with Gasteiger partial charge in [0.15, 0.2) is 0 Å². The largest absolute Gasteiger partial charge is 0.416 e. The van der Waals surface area contributed by atoms with Gasteiger partial charge >= 0.3 is 6.18 Å². The van der Waals surface area contributed by atoms with Gasteiger partial charge in [-0.05, 0) is 67.8 Å². The lowest BCUT2D eigenvalue weighted by atomic mass is 10.1. The van der Waals surface area contributed by atoms with Crippen molar-refractivity contribution < 1.29 is 26.4 Å². The average Bonchev–Trinajstić information content (AvgIpc) is 3.43. The van der Waals surface area contributed by atoms with Crippen molar-refractivity contribution in [2.24, 2.45) is 0 Å². The van der Waals surface area contributed by atoms with E-state index in [0.717, 1.165) is 36.3 Å². The first kappa shape index (κ1) is 24.6. The molecule has 0 atom stereocenters. The van der Waals surface area contributed by atoms with Crippen molar-refractivity contribution in [1.29, 1.82) is 0 Å². The van der Waals surface area contributed by atoms with Gasteiger partial charge in [0.1, 0.15) is 0 Å². The fraction of sp³-hybridized carbons (Fsp3) is 0.261. The Balaban J connectivity index is 1.67. The lowest BCUT2D eigenvalue weighted by molar-refractivity contribution is -0.137. The van der Waals surface area contributed by atoms with Gasteiger partial charge in [0.05, 0.1) is 31.6 Å². The summed E-state index contributed by atoms with van der Waals surface area (Å²) in [7, 11) is -3.90. The molecule has 4 rings (SSSR count). The smallest absolute Gasteiger partial charge is 0.370 e. The van der Waals surface area contributed by atoms with Crippen LogP contribution in [-0.2, 0) is 16.0 Å². The molecule has 5 nitrogen and oxygen atoms in total. The van der Waals surface area contributed by atoms with Gasteiger partial charge in [-0.2, -0.15) is 13.2 Å². The minimum atomic E-state index is -4.57. The molecular weight excluding hydrogens is 509 g/mol. The fourth-order valence-electron chi connectivity index (χ4n) is 3.86. The van der Waals surface area contributed by atoms with Crippen molar-refractivity contribution in [3.8, 4) is 0 Å². The van der Waals surface area contributed by atoms with Crippen LogP contribution in [-0.4, -0.2) is 27.4 Å². The summed E-state index contributed by atoms with van der Waals surface area (Å²) in [6.07, 6.45) is -2.75. The monoisotopic (exact) mass is 528 g/mol. The van der Waals surface area contributed by atoms with Crippen LogP contribution >= 0.6 is 22.9 Å². The van der Waals surface area contributed by atoms with Gasteiger partial charge in [0.2, 0.25) is 9.84 Å². The zero-order valence-electron chi connectivity index (χ0n) is 17.9. The molecule has 3 aromatic rings. The van der Waals surface area contributed by atoms with E-state index in [2.05, 4.69) is 5.32 Å². The Kier molecular flexibility index (Phi) is 6.67. The normalized spacial score (nSPS) is 14.4. The van der Waals surface area contributed by atoms with Gasteiger partial charge in [-0.3, -0.25) is 4.79 Å². The quantitative estimate of drug-likeness (QED) is 0.415. The maximum Gasteiger partial charge on any atom is 0.416 e. The van der Waals surface area contributed by atoms with Crippen molar-refractivity contribution in [2.75, 3.05) is 23.3 Å². The number of benzene rings is 2. The second-order valence-electron chi connectivity index (χ2n) is 7.89. The number of thiophene rings is 1. The molecule has 180 valence electrons. The highest BCUT2D eigenvalue weighted by atomic mass is 35.5. The predicted octanol–water partition coefficient (Wildman–Crippen LogP) is 6.41. The van der Waals surface area contributed by atoms with Crippen molar-refractivity contribution in [2.45, 2.75) is 35.7 Å². The predicted molar refractivity (Wildman–Crippen MR) is 127 cm³/mol. The molecule has 1 saturated heterocycles. The molecule has 1 N–H and O–H groups in total. The van der Waals surface area contributed by atoms with Crippen LogP contribution in [0.2, 0.25) is 5.02 Å². The van der Waals surface area contributed by atoms with Gasteiger partial charge in [-0.15, -0.1) is 11.3 Å². The van der Waals surface area contributed by atoms with E-state index in [0.29, 0.717) is 23.8 Å². The van der Waals surface area contributed by atoms with Crippen molar-refractivity contribution in [3.63, 3.8) is 0 Å². The number of nitrogens with zero attached hydrogens (tertiary/aromatic N) is 1. The number of alkyl halides is 3. The second kappa shape index (κ2) is 9.24. The lowest BCUT2D eigenvalue weighted by Crippen LogP contribution is -2.22. The van der Waals surface area contributed by atoms with Crippen LogP contribution in [0.25, 0.3) is 0 Å². The zero-order chi connectivity index (χ0) is 24.7.